The number of hydrazine groups is 1. The van der Waals surface area contributed by atoms with Gasteiger partial charge in [-0.1, -0.05) is 47.0 Å². The fourth-order valence-corrected chi connectivity index (χ4v) is 5.37. The monoisotopic (exact) mass is 589 g/mol. The molecule has 0 bridgehead atoms. The molecule has 2 aliphatic rings. The van der Waals surface area contributed by atoms with Gasteiger partial charge in [-0.3, -0.25) is 19.5 Å². The van der Waals surface area contributed by atoms with E-state index in [4.69, 9.17) is 16.4 Å². The van der Waals surface area contributed by atoms with Gasteiger partial charge in [0.05, 0.1) is 22.5 Å². The lowest BCUT2D eigenvalue weighted by molar-refractivity contribution is -0.120. The number of nitrogens with zero attached hydrogens (tertiary/aromatic N) is 8. The number of hydrogen-bond donors (Lipinski definition) is 1. The second-order valence-electron chi connectivity index (χ2n) is 8.34. The second-order valence-corrected chi connectivity index (χ2v) is 9.02. The number of carbonyl (C=O) groups is 2. The number of carbonyl (C=O) groups excluding carboxylic acids is 2. The van der Waals surface area contributed by atoms with Gasteiger partial charge in [-0.15, -0.1) is 4.91 Å². The van der Waals surface area contributed by atoms with E-state index in [-0.39, 0.29) is 24.1 Å². The zero-order valence-electron chi connectivity index (χ0n) is 18.8. The molecule has 1 atom stereocenters. The van der Waals surface area contributed by atoms with E-state index in [1.165, 1.54) is 17.1 Å². The molecule has 2 amide bonds. The van der Waals surface area contributed by atoms with Crippen LogP contribution in [-0.4, -0.2) is 40.0 Å². The summed E-state index contributed by atoms with van der Waals surface area (Å²) in [5, 5.41) is 7.53. The summed E-state index contributed by atoms with van der Waals surface area (Å²) < 4.78 is 0.419. The van der Waals surface area contributed by atoms with Crippen molar-refractivity contribution in [2.45, 2.75) is 44.2 Å². The number of halogens is 1. The number of pyridine rings is 1. The van der Waals surface area contributed by atoms with Crippen LogP contribution in [0.3, 0.4) is 0 Å². The quantitative estimate of drug-likeness (QED) is 0.0570. The molecule has 2 heterocycles. The number of aromatic nitrogens is 1. The van der Waals surface area contributed by atoms with Crippen molar-refractivity contribution in [3.63, 3.8) is 0 Å². The van der Waals surface area contributed by atoms with E-state index in [1.807, 2.05) is 11.0 Å². The Morgan fingerprint density at radius 1 is 1.20 bits per heavy atom. The van der Waals surface area contributed by atoms with Gasteiger partial charge in [-0.25, -0.2) is 10.8 Å². The Morgan fingerprint density at radius 2 is 1.91 bits per heavy atom. The zero-order valence-corrected chi connectivity index (χ0v) is 21.0. The molecule has 1 aromatic carbocycles. The van der Waals surface area contributed by atoms with Gasteiger partial charge in [-0.2, -0.15) is 0 Å². The Morgan fingerprint density at radius 3 is 2.54 bits per heavy atom. The summed E-state index contributed by atoms with van der Waals surface area (Å²) in [6.45, 7) is 0.0108. The van der Waals surface area contributed by atoms with Crippen LogP contribution in [0, 0.1) is 4.91 Å². The number of alkyl halides is 1. The van der Waals surface area contributed by atoms with Crippen molar-refractivity contribution in [2.24, 2.45) is 16.1 Å². The molecule has 2 N–H and O–H groups in total. The van der Waals surface area contributed by atoms with Crippen LogP contribution in [0.4, 0.5) is 23.0 Å². The van der Waals surface area contributed by atoms with Crippen molar-refractivity contribution >= 4 is 57.4 Å². The largest absolute Gasteiger partial charge is 0.340 e. The number of anilines is 4. The lowest BCUT2D eigenvalue weighted by Crippen LogP contribution is -2.58. The van der Waals surface area contributed by atoms with Crippen LogP contribution in [0.25, 0.3) is 10.4 Å². The van der Waals surface area contributed by atoms with Crippen LogP contribution in [0.5, 0.6) is 0 Å². The molecule has 13 heteroatoms. The minimum absolute atomic E-state index is 0.0108. The van der Waals surface area contributed by atoms with Crippen molar-refractivity contribution < 1.29 is 9.59 Å². The topological polar surface area (TPSA) is 161 Å². The van der Waals surface area contributed by atoms with Crippen LogP contribution in [0.2, 0.25) is 0 Å². The average molecular weight is 589 g/mol. The van der Waals surface area contributed by atoms with E-state index in [0.29, 0.717) is 27.6 Å². The normalized spacial score (nSPS) is 18.0. The lowest BCUT2D eigenvalue weighted by Gasteiger charge is -2.46. The summed E-state index contributed by atoms with van der Waals surface area (Å²) in [6, 6.07) is 9.14. The third-order valence-electron chi connectivity index (χ3n) is 6.39. The van der Waals surface area contributed by atoms with E-state index >= 15 is 0 Å². The highest BCUT2D eigenvalue weighted by molar-refractivity contribution is 14.1. The number of fused-ring (bicyclic) bond motifs is 1. The van der Waals surface area contributed by atoms with Gasteiger partial charge in [0, 0.05) is 21.7 Å². The number of hydrogen-bond acceptors (Lipinski definition) is 8. The molecule has 1 aliphatic heterocycles. The molecule has 0 spiro atoms. The summed E-state index contributed by atoms with van der Waals surface area (Å²) in [7, 11) is 0. The number of nitroso groups, excluding NO2 is 1. The number of nitrogens with two attached hydrogens (primary N) is 1. The first-order valence-corrected chi connectivity index (χ1v) is 12.7. The maximum absolute atomic E-state index is 13.4. The van der Waals surface area contributed by atoms with Gasteiger partial charge >= 0.3 is 5.91 Å². The molecule has 1 saturated carbocycles. The highest BCUT2D eigenvalue weighted by Gasteiger charge is 2.42. The van der Waals surface area contributed by atoms with E-state index in [2.05, 4.69) is 37.8 Å². The highest BCUT2D eigenvalue weighted by atomic mass is 127. The van der Waals surface area contributed by atoms with Crippen LogP contribution < -0.4 is 20.7 Å². The molecule has 182 valence electrons. The van der Waals surface area contributed by atoms with Gasteiger partial charge in [0.1, 0.15) is 11.9 Å². The van der Waals surface area contributed by atoms with Crippen molar-refractivity contribution in [1.82, 2.24) is 4.98 Å². The third kappa shape index (κ3) is 4.92. The Balaban J connectivity index is 1.76. The standard InChI is InChI=1S/C22H24IN9O3/c23-13-30-17-10-11-19(32(25)16-8-6-14(7-9-16)21(33)28-35)27-20(17)31(15-4-2-1-3-5-15)18(22(30)34)12-26-29-24/h6-11,15,18H,1-5,12-13,25H2/t18-/m1/s1. The lowest BCUT2D eigenvalue weighted by atomic mass is 9.92. The Labute approximate surface area is 215 Å². The third-order valence-corrected chi connectivity index (χ3v) is 7.07. The summed E-state index contributed by atoms with van der Waals surface area (Å²) in [5.74, 6) is 6.46. The molecule has 1 fully saturated rings. The average Bonchev–Trinajstić information content (AvgIpc) is 2.91. The van der Waals surface area contributed by atoms with Crippen LogP contribution >= 0.6 is 22.6 Å². The summed E-state index contributed by atoms with van der Waals surface area (Å²) in [6.07, 6.45) is 5.09. The maximum atomic E-state index is 13.4. The summed E-state index contributed by atoms with van der Waals surface area (Å²) in [4.78, 5) is 46.8. The molecule has 12 nitrogen and oxygen atoms in total. The summed E-state index contributed by atoms with van der Waals surface area (Å²) in [5.41, 5.74) is 10.3. The van der Waals surface area contributed by atoms with E-state index in [1.54, 1.807) is 23.1 Å². The Kier molecular flexibility index (Phi) is 7.78. The molecule has 1 aromatic heterocycles. The van der Waals surface area contributed by atoms with Crippen LogP contribution in [0.1, 0.15) is 42.5 Å². The van der Waals surface area contributed by atoms with Gasteiger partial charge in [-0.05, 0) is 54.8 Å². The maximum Gasteiger partial charge on any atom is 0.316 e. The molecule has 0 radical (unpaired) electrons. The number of rotatable bonds is 7. The first-order valence-electron chi connectivity index (χ1n) is 11.2. The van der Waals surface area contributed by atoms with Crippen LogP contribution in [0.15, 0.2) is 46.7 Å². The molecule has 35 heavy (non-hydrogen) atoms. The predicted octanol–water partition coefficient (Wildman–Crippen LogP) is 4.56. The predicted molar refractivity (Wildman–Crippen MR) is 141 cm³/mol. The number of amides is 2. The highest BCUT2D eigenvalue weighted by Crippen LogP contribution is 2.41. The van der Waals surface area contributed by atoms with Crippen molar-refractivity contribution in [3.05, 3.63) is 57.3 Å². The molecule has 0 unspecified atom stereocenters. The molecule has 1 aliphatic carbocycles. The number of benzene rings is 1. The van der Waals surface area contributed by atoms with Gasteiger partial charge in [0.2, 0.25) is 0 Å². The minimum atomic E-state index is -0.857. The molecule has 4 rings (SSSR count). The van der Waals surface area contributed by atoms with Gasteiger partial charge in [0.25, 0.3) is 5.91 Å². The first kappa shape index (κ1) is 24.8. The SMILES string of the molecule is [N-]=[N+]=NC[C@@H]1C(=O)N(CI)c2ccc(N(N)c3ccc(C(=O)N=O)cc3)nc2N1C1CCCCC1. The Bertz CT molecular complexity index is 1160. The van der Waals surface area contributed by atoms with Crippen molar-refractivity contribution in [3.8, 4) is 0 Å². The van der Waals surface area contributed by atoms with Crippen molar-refractivity contribution in [1.29, 1.82) is 0 Å². The fourth-order valence-electron chi connectivity index (χ4n) is 4.67. The van der Waals surface area contributed by atoms with E-state index in [9.17, 15) is 14.5 Å². The summed E-state index contributed by atoms with van der Waals surface area (Å²) >= 11 is 2.13. The first-order chi connectivity index (χ1) is 17.0. The zero-order chi connectivity index (χ0) is 24.9. The Hall–Kier alpha value is -3.29. The smallest absolute Gasteiger partial charge is 0.316 e. The van der Waals surface area contributed by atoms with Gasteiger partial charge in [0.15, 0.2) is 5.82 Å². The fraction of sp³-hybridized carbons (Fsp3) is 0.409. The van der Waals surface area contributed by atoms with Gasteiger partial charge < -0.3 is 4.90 Å². The van der Waals surface area contributed by atoms with Crippen molar-refractivity contribution in [2.75, 3.05) is 25.9 Å². The molecule has 2 aromatic rings. The number of azide groups is 1. The minimum Gasteiger partial charge on any atom is -0.340 e. The second kappa shape index (κ2) is 11.0. The van der Waals surface area contributed by atoms with E-state index in [0.717, 1.165) is 32.1 Å². The molecular formula is C22H24IN9O3. The molecular weight excluding hydrogens is 565 g/mol. The van der Waals surface area contributed by atoms with Crippen LogP contribution in [-0.2, 0) is 4.79 Å². The molecule has 0 saturated heterocycles. The van der Waals surface area contributed by atoms with E-state index < -0.39 is 11.9 Å².